The summed E-state index contributed by atoms with van der Waals surface area (Å²) in [7, 11) is 1.78. The molecule has 3 rings (SSSR count). The lowest BCUT2D eigenvalue weighted by atomic mass is 10.1. The van der Waals surface area contributed by atoms with Crippen LogP contribution >= 0.6 is 11.6 Å². The van der Waals surface area contributed by atoms with Crippen molar-refractivity contribution < 1.29 is 9.53 Å². The first-order chi connectivity index (χ1) is 12.0. The van der Waals surface area contributed by atoms with Crippen LogP contribution < -0.4 is 4.74 Å². The summed E-state index contributed by atoms with van der Waals surface area (Å²) in [5.74, 6) is 0.654. The number of halogens is 1. The topological polar surface area (TPSA) is 29.5 Å². The minimum atomic E-state index is -0.567. The van der Waals surface area contributed by atoms with E-state index in [1.807, 2.05) is 66.7 Å². The molecule has 3 nitrogen and oxygen atoms in total. The smallest absolute Gasteiger partial charge is 0.263 e. The Morgan fingerprint density at radius 3 is 2.48 bits per heavy atom. The summed E-state index contributed by atoms with van der Waals surface area (Å²) in [5, 5.41) is 2.78. The van der Waals surface area contributed by atoms with Crippen molar-refractivity contribution in [1.29, 1.82) is 0 Å². The summed E-state index contributed by atoms with van der Waals surface area (Å²) in [6, 6.07) is 21.3. The summed E-state index contributed by atoms with van der Waals surface area (Å²) in [6.07, 6.45) is -0.567. The molecule has 0 bridgehead atoms. The van der Waals surface area contributed by atoms with Gasteiger partial charge in [-0.2, -0.15) is 0 Å². The number of carbonyl (C=O) groups excluding carboxylic acids is 1. The first kappa shape index (κ1) is 17.3. The molecule has 3 aromatic rings. The second kappa shape index (κ2) is 7.58. The number of fused-ring (bicyclic) bond motifs is 1. The lowest BCUT2D eigenvalue weighted by Gasteiger charge is -2.23. The van der Waals surface area contributed by atoms with E-state index in [4.69, 9.17) is 16.3 Å². The number of carbonyl (C=O) groups is 1. The highest BCUT2D eigenvalue weighted by Crippen LogP contribution is 2.26. The van der Waals surface area contributed by atoms with Crippen molar-refractivity contribution in [2.24, 2.45) is 0 Å². The Labute approximate surface area is 152 Å². The maximum absolute atomic E-state index is 12.6. The standard InChI is InChI=1S/C21H20ClNO2/c1-15(21(24)23(2)14-16-10-12-18(22)13-11-16)25-20-9-5-7-17-6-3-4-8-19(17)20/h3-13,15H,14H2,1-2H3/t15-/m0/s1. The lowest BCUT2D eigenvalue weighted by Crippen LogP contribution is -2.37. The highest BCUT2D eigenvalue weighted by molar-refractivity contribution is 6.30. The third-order valence-electron chi connectivity index (χ3n) is 4.11. The SMILES string of the molecule is C[C@H](Oc1cccc2ccccc12)C(=O)N(C)Cc1ccc(Cl)cc1. The number of hydrogen-bond acceptors (Lipinski definition) is 2. The highest BCUT2D eigenvalue weighted by Gasteiger charge is 2.20. The monoisotopic (exact) mass is 353 g/mol. The van der Waals surface area contributed by atoms with Gasteiger partial charge in [-0.1, -0.05) is 60.1 Å². The average molecular weight is 354 g/mol. The maximum Gasteiger partial charge on any atom is 0.263 e. The summed E-state index contributed by atoms with van der Waals surface area (Å²) in [5.41, 5.74) is 1.03. The lowest BCUT2D eigenvalue weighted by molar-refractivity contribution is -0.137. The Balaban J connectivity index is 1.70. The molecule has 1 atom stereocenters. The van der Waals surface area contributed by atoms with Crippen LogP contribution in [0.1, 0.15) is 12.5 Å². The molecule has 0 saturated carbocycles. The normalized spacial score (nSPS) is 12.0. The van der Waals surface area contributed by atoms with Crippen molar-refractivity contribution in [3.8, 4) is 5.75 Å². The van der Waals surface area contributed by atoms with E-state index in [9.17, 15) is 4.79 Å². The van der Waals surface area contributed by atoms with E-state index in [-0.39, 0.29) is 5.91 Å². The molecule has 0 fully saturated rings. The third kappa shape index (κ3) is 4.12. The van der Waals surface area contributed by atoms with E-state index >= 15 is 0 Å². The zero-order valence-corrected chi connectivity index (χ0v) is 15.0. The Morgan fingerprint density at radius 1 is 1.04 bits per heavy atom. The predicted molar refractivity (Wildman–Crippen MR) is 102 cm³/mol. The van der Waals surface area contributed by atoms with E-state index in [0.717, 1.165) is 22.1 Å². The number of rotatable bonds is 5. The van der Waals surface area contributed by atoms with Crippen molar-refractivity contribution in [2.75, 3.05) is 7.05 Å². The van der Waals surface area contributed by atoms with Gasteiger partial charge < -0.3 is 9.64 Å². The summed E-state index contributed by atoms with van der Waals surface area (Å²) in [6.45, 7) is 2.29. The van der Waals surface area contributed by atoms with Crippen LogP contribution in [-0.2, 0) is 11.3 Å². The van der Waals surface area contributed by atoms with Crippen molar-refractivity contribution in [2.45, 2.75) is 19.6 Å². The molecular weight excluding hydrogens is 334 g/mol. The molecule has 0 N–H and O–H groups in total. The van der Waals surface area contributed by atoms with Gasteiger partial charge in [0, 0.05) is 24.0 Å². The third-order valence-corrected chi connectivity index (χ3v) is 4.36. The Kier molecular flexibility index (Phi) is 5.25. The Morgan fingerprint density at radius 2 is 1.72 bits per heavy atom. The molecular formula is C21H20ClNO2. The molecule has 25 heavy (non-hydrogen) atoms. The number of amides is 1. The second-order valence-electron chi connectivity index (χ2n) is 6.06. The van der Waals surface area contributed by atoms with E-state index in [1.165, 1.54) is 0 Å². The molecule has 0 aliphatic heterocycles. The van der Waals surface area contributed by atoms with E-state index in [1.54, 1.807) is 18.9 Å². The molecule has 0 aliphatic carbocycles. The molecule has 128 valence electrons. The van der Waals surface area contributed by atoms with Crippen molar-refractivity contribution >= 4 is 28.3 Å². The summed E-state index contributed by atoms with van der Waals surface area (Å²) < 4.78 is 5.96. The molecule has 0 aromatic heterocycles. The quantitative estimate of drug-likeness (QED) is 0.651. The van der Waals surface area contributed by atoms with Gasteiger partial charge in [0.1, 0.15) is 5.75 Å². The fourth-order valence-electron chi connectivity index (χ4n) is 2.79. The number of nitrogens with zero attached hydrogens (tertiary/aromatic N) is 1. The van der Waals surface area contributed by atoms with Crippen LogP contribution in [0.5, 0.6) is 5.75 Å². The van der Waals surface area contributed by atoms with E-state index < -0.39 is 6.10 Å². The van der Waals surface area contributed by atoms with Crippen molar-refractivity contribution in [3.05, 3.63) is 77.3 Å². The van der Waals surface area contributed by atoms with Crippen LogP contribution in [0, 0.1) is 0 Å². The molecule has 4 heteroatoms. The van der Waals surface area contributed by atoms with Gasteiger partial charge in [-0.25, -0.2) is 0 Å². The molecule has 0 radical (unpaired) electrons. The predicted octanol–water partition coefficient (Wildman–Crippen LogP) is 4.92. The number of benzene rings is 3. The summed E-state index contributed by atoms with van der Waals surface area (Å²) in [4.78, 5) is 14.3. The molecule has 1 amide bonds. The zero-order valence-electron chi connectivity index (χ0n) is 14.3. The van der Waals surface area contributed by atoms with Gasteiger partial charge >= 0.3 is 0 Å². The van der Waals surface area contributed by atoms with Gasteiger partial charge in [0.25, 0.3) is 5.91 Å². The van der Waals surface area contributed by atoms with Crippen LogP contribution in [0.3, 0.4) is 0 Å². The van der Waals surface area contributed by atoms with E-state index in [0.29, 0.717) is 11.6 Å². The van der Waals surface area contributed by atoms with Crippen molar-refractivity contribution in [3.63, 3.8) is 0 Å². The fourth-order valence-corrected chi connectivity index (χ4v) is 2.92. The molecule has 0 spiro atoms. The molecule has 3 aromatic carbocycles. The number of ether oxygens (including phenoxy) is 1. The largest absolute Gasteiger partial charge is 0.480 e. The first-order valence-corrected chi connectivity index (χ1v) is 8.56. The Hall–Kier alpha value is -2.52. The van der Waals surface area contributed by atoms with Gasteiger partial charge in [-0.05, 0) is 36.1 Å². The Bertz CT molecular complexity index is 871. The maximum atomic E-state index is 12.6. The van der Waals surface area contributed by atoms with Gasteiger partial charge in [0.15, 0.2) is 6.10 Å². The summed E-state index contributed by atoms with van der Waals surface area (Å²) >= 11 is 5.90. The number of hydrogen-bond donors (Lipinski definition) is 0. The fraction of sp³-hybridized carbons (Fsp3) is 0.190. The molecule has 0 unspecified atom stereocenters. The van der Waals surface area contributed by atoms with Crippen LogP contribution in [0.4, 0.5) is 0 Å². The second-order valence-corrected chi connectivity index (χ2v) is 6.49. The molecule has 0 aliphatic rings. The van der Waals surface area contributed by atoms with E-state index in [2.05, 4.69) is 0 Å². The van der Waals surface area contributed by atoms with Crippen LogP contribution in [-0.4, -0.2) is 24.0 Å². The van der Waals surface area contributed by atoms with Crippen LogP contribution in [0.2, 0.25) is 5.02 Å². The van der Waals surface area contributed by atoms with Crippen LogP contribution in [0.25, 0.3) is 10.8 Å². The average Bonchev–Trinajstić information content (AvgIpc) is 2.63. The molecule has 0 saturated heterocycles. The van der Waals surface area contributed by atoms with Gasteiger partial charge in [-0.3, -0.25) is 4.79 Å². The van der Waals surface area contributed by atoms with Crippen LogP contribution in [0.15, 0.2) is 66.7 Å². The van der Waals surface area contributed by atoms with Gasteiger partial charge in [0.2, 0.25) is 0 Å². The minimum absolute atomic E-state index is 0.0668. The number of likely N-dealkylation sites (N-methyl/N-ethyl adjacent to an activating group) is 1. The van der Waals surface area contributed by atoms with Crippen molar-refractivity contribution in [1.82, 2.24) is 4.90 Å². The highest BCUT2D eigenvalue weighted by atomic mass is 35.5. The molecule has 0 heterocycles. The zero-order chi connectivity index (χ0) is 17.8. The first-order valence-electron chi connectivity index (χ1n) is 8.18. The van der Waals surface area contributed by atoms with Gasteiger partial charge in [0.05, 0.1) is 0 Å². The minimum Gasteiger partial charge on any atom is -0.480 e. The van der Waals surface area contributed by atoms with Gasteiger partial charge in [-0.15, -0.1) is 0 Å².